The summed E-state index contributed by atoms with van der Waals surface area (Å²) in [5.41, 5.74) is 7.35. The predicted molar refractivity (Wildman–Crippen MR) is 112 cm³/mol. The van der Waals surface area contributed by atoms with Crippen LogP contribution in [0.5, 0.6) is 0 Å². The van der Waals surface area contributed by atoms with Crippen molar-refractivity contribution in [2.45, 2.75) is 18.6 Å². The number of carbonyl (C=O) groups is 2. The lowest BCUT2D eigenvalue weighted by molar-refractivity contribution is -0.122. The Morgan fingerprint density at radius 2 is 1.87 bits per heavy atom. The average Bonchev–Trinajstić information content (AvgIpc) is 2.70. The zero-order chi connectivity index (χ0) is 23.0. The Bertz CT molecular complexity index is 887. The minimum atomic E-state index is -4.50. The molecule has 3 amide bonds. The van der Waals surface area contributed by atoms with Gasteiger partial charge in [0.1, 0.15) is 12.2 Å². The van der Waals surface area contributed by atoms with E-state index >= 15 is 0 Å². The smallest absolute Gasteiger partial charge is 0.397 e. The van der Waals surface area contributed by atoms with Crippen molar-refractivity contribution in [3.63, 3.8) is 0 Å². The number of benzene rings is 1. The van der Waals surface area contributed by atoms with Gasteiger partial charge < -0.3 is 26.6 Å². The first-order chi connectivity index (χ1) is 14.5. The molecule has 31 heavy (non-hydrogen) atoms. The van der Waals surface area contributed by atoms with Gasteiger partial charge in [0.25, 0.3) is 5.91 Å². The van der Waals surface area contributed by atoms with Crippen molar-refractivity contribution in [2.75, 3.05) is 38.2 Å². The molecule has 2 aromatic rings. The molecule has 1 aromatic heterocycles. The largest absolute Gasteiger partial charge is 0.405 e. The Hall–Kier alpha value is -3.34. The van der Waals surface area contributed by atoms with E-state index in [0.29, 0.717) is 29.9 Å². The second kappa shape index (κ2) is 10.6. The van der Waals surface area contributed by atoms with Gasteiger partial charge in [0.2, 0.25) is 0 Å². The highest BCUT2D eigenvalue weighted by Crippen LogP contribution is 2.20. The van der Waals surface area contributed by atoms with Crippen molar-refractivity contribution in [1.29, 1.82) is 0 Å². The van der Waals surface area contributed by atoms with Gasteiger partial charge in [-0.1, -0.05) is 18.2 Å². The summed E-state index contributed by atoms with van der Waals surface area (Å²) in [6.45, 7) is -0.862. The van der Waals surface area contributed by atoms with Crippen LogP contribution in [0.4, 0.5) is 29.3 Å². The number of amides is 3. The molecule has 1 atom stereocenters. The van der Waals surface area contributed by atoms with E-state index in [0.717, 1.165) is 0 Å². The quantitative estimate of drug-likeness (QED) is 0.474. The summed E-state index contributed by atoms with van der Waals surface area (Å²) < 4.78 is 37.0. The van der Waals surface area contributed by atoms with Gasteiger partial charge in [0.05, 0.1) is 17.4 Å². The zero-order valence-electron chi connectivity index (χ0n) is 17.2. The summed E-state index contributed by atoms with van der Waals surface area (Å²) in [4.78, 5) is 30.3. The molecule has 0 spiro atoms. The van der Waals surface area contributed by atoms with Crippen LogP contribution in [-0.4, -0.2) is 55.2 Å². The maximum atomic E-state index is 12.4. The maximum Gasteiger partial charge on any atom is 0.405 e. The third-order valence-electron chi connectivity index (χ3n) is 4.25. The van der Waals surface area contributed by atoms with E-state index in [1.807, 2.05) is 19.0 Å². The SMILES string of the molecule is CN(C)CCC(NC(=O)NCC(F)(F)F)c1ccc(C(=O)Nc2ccccc2N)nc1. The molecule has 5 N–H and O–H groups in total. The number of alkyl halides is 3. The van der Waals surface area contributed by atoms with Gasteiger partial charge in [0, 0.05) is 6.20 Å². The molecule has 0 aliphatic carbocycles. The van der Waals surface area contributed by atoms with Crippen LogP contribution in [0, 0.1) is 0 Å². The second-order valence-electron chi connectivity index (χ2n) is 7.10. The Balaban J connectivity index is 2.08. The molecule has 0 bridgehead atoms. The number of nitrogen functional groups attached to an aromatic ring is 1. The van der Waals surface area contributed by atoms with Crippen LogP contribution in [0.3, 0.4) is 0 Å². The van der Waals surface area contributed by atoms with Crippen molar-refractivity contribution >= 4 is 23.3 Å². The first kappa shape index (κ1) is 23.9. The van der Waals surface area contributed by atoms with Crippen molar-refractivity contribution in [1.82, 2.24) is 20.5 Å². The van der Waals surface area contributed by atoms with Gasteiger partial charge in [-0.15, -0.1) is 0 Å². The fourth-order valence-electron chi connectivity index (χ4n) is 2.64. The first-order valence-corrected chi connectivity index (χ1v) is 9.43. The summed E-state index contributed by atoms with van der Waals surface area (Å²) in [7, 11) is 3.67. The summed E-state index contributed by atoms with van der Waals surface area (Å²) in [6, 6.07) is 8.31. The van der Waals surface area contributed by atoms with Gasteiger partial charge in [-0.25, -0.2) is 4.79 Å². The monoisotopic (exact) mass is 438 g/mol. The van der Waals surface area contributed by atoms with Crippen LogP contribution >= 0.6 is 0 Å². The van der Waals surface area contributed by atoms with Crippen molar-refractivity contribution in [3.8, 4) is 0 Å². The van der Waals surface area contributed by atoms with Gasteiger partial charge in [-0.05, 0) is 50.8 Å². The number of para-hydroxylation sites is 2. The van der Waals surface area contributed by atoms with Crippen LogP contribution < -0.4 is 21.7 Å². The number of carbonyl (C=O) groups excluding carboxylic acids is 2. The molecule has 11 heteroatoms. The van der Waals surface area contributed by atoms with E-state index in [1.54, 1.807) is 35.6 Å². The van der Waals surface area contributed by atoms with Gasteiger partial charge in [-0.3, -0.25) is 9.78 Å². The van der Waals surface area contributed by atoms with E-state index < -0.39 is 30.7 Å². The summed E-state index contributed by atoms with van der Waals surface area (Å²) >= 11 is 0. The molecule has 168 valence electrons. The van der Waals surface area contributed by atoms with Gasteiger partial charge in [-0.2, -0.15) is 13.2 Å². The third kappa shape index (κ3) is 8.13. The normalized spacial score (nSPS) is 12.3. The molecule has 1 aromatic carbocycles. The van der Waals surface area contributed by atoms with Crippen molar-refractivity contribution in [2.24, 2.45) is 0 Å². The number of pyridine rings is 1. The van der Waals surface area contributed by atoms with Gasteiger partial charge in [0.15, 0.2) is 0 Å². The number of urea groups is 1. The third-order valence-corrected chi connectivity index (χ3v) is 4.25. The number of hydrogen-bond donors (Lipinski definition) is 4. The zero-order valence-corrected chi connectivity index (χ0v) is 17.2. The highest BCUT2D eigenvalue weighted by atomic mass is 19.4. The number of aromatic nitrogens is 1. The predicted octanol–water partition coefficient (Wildman–Crippen LogP) is 2.77. The number of halogens is 3. The minimum Gasteiger partial charge on any atom is -0.397 e. The second-order valence-corrected chi connectivity index (χ2v) is 7.10. The fourth-order valence-corrected chi connectivity index (χ4v) is 2.64. The molecule has 0 fully saturated rings. The molecule has 1 unspecified atom stereocenters. The highest BCUT2D eigenvalue weighted by molar-refractivity contribution is 6.04. The van der Waals surface area contributed by atoms with Crippen molar-refractivity contribution in [3.05, 3.63) is 53.9 Å². The van der Waals surface area contributed by atoms with Crippen molar-refractivity contribution < 1.29 is 22.8 Å². The number of nitrogens with zero attached hydrogens (tertiary/aromatic N) is 2. The summed E-state index contributed by atoms with van der Waals surface area (Å²) in [5, 5.41) is 6.97. The molecule has 0 radical (unpaired) electrons. The standard InChI is InChI=1S/C20H25F3N6O2/c1-29(2)10-9-15(28-19(31)26-12-20(21,22)23)13-7-8-17(25-11-13)18(30)27-16-6-4-3-5-14(16)24/h3-8,11,15H,9-10,12,24H2,1-2H3,(H,27,30)(H2,26,28,31). The molecule has 0 saturated heterocycles. The van der Waals surface area contributed by atoms with Gasteiger partial charge >= 0.3 is 12.2 Å². The topological polar surface area (TPSA) is 112 Å². The summed E-state index contributed by atoms with van der Waals surface area (Å²) in [6.07, 6.45) is -2.66. The van der Waals surface area contributed by atoms with E-state index in [-0.39, 0.29) is 5.69 Å². The first-order valence-electron chi connectivity index (χ1n) is 9.43. The molecule has 0 saturated carbocycles. The molecule has 1 heterocycles. The Morgan fingerprint density at radius 3 is 2.45 bits per heavy atom. The molecular formula is C20H25F3N6O2. The minimum absolute atomic E-state index is 0.125. The lowest BCUT2D eigenvalue weighted by Gasteiger charge is -2.21. The van der Waals surface area contributed by atoms with Crippen LogP contribution in [0.25, 0.3) is 0 Å². The molecule has 2 rings (SSSR count). The average molecular weight is 438 g/mol. The molecular weight excluding hydrogens is 413 g/mol. The number of hydrogen-bond acceptors (Lipinski definition) is 5. The highest BCUT2D eigenvalue weighted by Gasteiger charge is 2.28. The lowest BCUT2D eigenvalue weighted by Crippen LogP contribution is -2.42. The Labute approximate surface area is 178 Å². The van der Waals surface area contributed by atoms with Crippen LogP contribution in [0.2, 0.25) is 0 Å². The van der Waals surface area contributed by atoms with Crippen LogP contribution in [0.15, 0.2) is 42.6 Å². The lowest BCUT2D eigenvalue weighted by atomic mass is 10.1. The Morgan fingerprint density at radius 1 is 1.16 bits per heavy atom. The Kier molecular flexibility index (Phi) is 8.20. The molecule has 0 aliphatic rings. The molecule has 0 aliphatic heterocycles. The van der Waals surface area contributed by atoms with E-state index in [9.17, 15) is 22.8 Å². The van der Waals surface area contributed by atoms with E-state index in [1.165, 1.54) is 12.3 Å². The number of nitrogens with two attached hydrogens (primary N) is 1. The van der Waals surface area contributed by atoms with E-state index in [4.69, 9.17) is 5.73 Å². The number of anilines is 2. The van der Waals surface area contributed by atoms with E-state index in [2.05, 4.69) is 15.6 Å². The maximum absolute atomic E-state index is 12.4. The van der Waals surface area contributed by atoms with Crippen LogP contribution in [-0.2, 0) is 0 Å². The number of nitrogens with one attached hydrogen (secondary N) is 3. The summed E-state index contributed by atoms with van der Waals surface area (Å²) in [5.74, 6) is -0.467. The number of rotatable bonds is 8. The van der Waals surface area contributed by atoms with Crippen LogP contribution in [0.1, 0.15) is 28.5 Å². The fraction of sp³-hybridized carbons (Fsp3) is 0.350. The molecule has 8 nitrogen and oxygen atoms in total.